The van der Waals surface area contributed by atoms with E-state index in [1.54, 1.807) is 31.4 Å². The number of methoxy groups -OCH3 is 1. The lowest BCUT2D eigenvalue weighted by atomic mass is 9.87. The topological polar surface area (TPSA) is 124 Å². The van der Waals surface area contributed by atoms with Crippen molar-refractivity contribution in [1.82, 2.24) is 4.90 Å². The molecule has 4 aromatic rings. The lowest BCUT2D eigenvalue weighted by Gasteiger charge is -2.41. The number of para-hydroxylation sites is 2. The monoisotopic (exact) mass is 772 g/mol. The second kappa shape index (κ2) is 17.9. The van der Waals surface area contributed by atoms with Gasteiger partial charge in [0, 0.05) is 48.5 Å². The molecule has 0 bridgehead atoms. The molecule has 0 aliphatic carbocycles. The number of ether oxygens (including phenoxy) is 4. The number of carboxylic acid groups (broad SMARTS) is 1. The van der Waals surface area contributed by atoms with Crippen LogP contribution in [-0.4, -0.2) is 83.4 Å². The van der Waals surface area contributed by atoms with Crippen molar-refractivity contribution in [3.63, 3.8) is 0 Å². The van der Waals surface area contributed by atoms with E-state index in [0.717, 1.165) is 33.9 Å². The first-order valence-electron chi connectivity index (χ1n) is 18.8. The molecule has 0 spiro atoms. The average Bonchev–Trinajstić information content (AvgIpc) is 3.46. The summed E-state index contributed by atoms with van der Waals surface area (Å²) >= 11 is 0. The van der Waals surface area contributed by atoms with Crippen LogP contribution in [0, 0.1) is 6.92 Å². The maximum atomic E-state index is 13.1. The highest BCUT2D eigenvalue weighted by Crippen LogP contribution is 2.43. The third kappa shape index (κ3) is 9.98. The molecule has 0 aromatic heterocycles. The molecule has 1 amide bonds. The number of carbonyl (C=O) groups is 1. The number of rotatable bonds is 17. The van der Waals surface area contributed by atoms with Crippen molar-refractivity contribution in [3.05, 3.63) is 119 Å². The minimum atomic E-state index is -4.00. The number of aryl methyl sites for hydroxylation is 1. The average molecular weight is 773 g/mol. The van der Waals surface area contributed by atoms with Crippen molar-refractivity contribution in [3.8, 4) is 11.5 Å². The van der Waals surface area contributed by atoms with E-state index >= 15 is 0 Å². The molecule has 3 unspecified atom stereocenters. The number of amides is 1. The quantitative estimate of drug-likeness (QED) is 0.0842. The van der Waals surface area contributed by atoms with Gasteiger partial charge in [-0.1, -0.05) is 80.1 Å². The van der Waals surface area contributed by atoms with Gasteiger partial charge in [0.2, 0.25) is 0 Å². The molecule has 3 atom stereocenters. The van der Waals surface area contributed by atoms with Crippen molar-refractivity contribution in [2.75, 3.05) is 51.5 Å². The standard InChI is InChI=1S/C43H52N2O9S/c1-31-14-20-35(21-15-31)55(48,49)53-27-23-41(45-30-43(2,3)37-11-6-7-12-38(37)45)54-40-28-44(42(46)47)24-22-36(40)32-16-18-34(19-17-32)52-26-9-25-51-29-33-10-5-8-13-39(33)50-4/h5-8,10-21,36,40-41H,9,22-30H2,1-4H3,(H,46,47). The van der Waals surface area contributed by atoms with Crippen LogP contribution >= 0.6 is 0 Å². The Morgan fingerprint density at radius 2 is 1.65 bits per heavy atom. The second-order valence-electron chi connectivity index (χ2n) is 14.8. The van der Waals surface area contributed by atoms with Gasteiger partial charge in [-0.25, -0.2) is 4.79 Å². The Hall–Kier alpha value is -4.62. The molecule has 0 radical (unpaired) electrons. The van der Waals surface area contributed by atoms with Gasteiger partial charge >= 0.3 is 6.09 Å². The molecule has 2 aliphatic rings. The minimum Gasteiger partial charge on any atom is -0.496 e. The van der Waals surface area contributed by atoms with Crippen LogP contribution in [-0.2, 0) is 35.8 Å². The molecule has 6 rings (SSSR count). The number of likely N-dealkylation sites (tertiary alicyclic amines) is 1. The van der Waals surface area contributed by atoms with E-state index < -0.39 is 28.5 Å². The molecular formula is C43H52N2O9S. The number of anilines is 1. The third-order valence-corrected chi connectivity index (χ3v) is 11.7. The Kier molecular flexibility index (Phi) is 13.0. The zero-order valence-corrected chi connectivity index (χ0v) is 32.9. The first-order valence-corrected chi connectivity index (χ1v) is 20.2. The van der Waals surface area contributed by atoms with Gasteiger partial charge in [0.15, 0.2) is 0 Å². The van der Waals surface area contributed by atoms with Crippen LogP contribution in [0.25, 0.3) is 0 Å². The summed E-state index contributed by atoms with van der Waals surface area (Å²) in [5, 5.41) is 10.0. The summed E-state index contributed by atoms with van der Waals surface area (Å²) in [6.07, 6.45) is -0.584. The number of benzene rings is 4. The second-order valence-corrected chi connectivity index (χ2v) is 16.4. The van der Waals surface area contributed by atoms with E-state index in [9.17, 15) is 18.3 Å². The van der Waals surface area contributed by atoms with E-state index in [1.807, 2.05) is 67.6 Å². The Morgan fingerprint density at radius 1 is 0.927 bits per heavy atom. The van der Waals surface area contributed by atoms with E-state index in [0.29, 0.717) is 45.8 Å². The summed E-state index contributed by atoms with van der Waals surface area (Å²) < 4.78 is 56.1. The fourth-order valence-electron chi connectivity index (χ4n) is 7.46. The Labute approximate surface area is 324 Å². The maximum absolute atomic E-state index is 13.1. The van der Waals surface area contributed by atoms with Crippen LogP contribution in [0.1, 0.15) is 61.3 Å². The van der Waals surface area contributed by atoms with Crippen LogP contribution < -0.4 is 14.4 Å². The highest BCUT2D eigenvalue weighted by atomic mass is 32.2. The van der Waals surface area contributed by atoms with Crippen molar-refractivity contribution in [2.45, 2.75) is 75.2 Å². The molecule has 12 heteroatoms. The molecule has 1 fully saturated rings. The van der Waals surface area contributed by atoms with Crippen LogP contribution in [0.15, 0.2) is 102 Å². The lowest BCUT2D eigenvalue weighted by molar-refractivity contribution is -0.0623. The number of fused-ring (bicyclic) bond motifs is 1. The predicted molar refractivity (Wildman–Crippen MR) is 211 cm³/mol. The first-order chi connectivity index (χ1) is 26.4. The number of piperidine rings is 1. The lowest BCUT2D eigenvalue weighted by Crippen LogP contribution is -2.50. The molecular weight excluding hydrogens is 721 g/mol. The van der Waals surface area contributed by atoms with E-state index in [4.69, 9.17) is 23.1 Å². The summed E-state index contributed by atoms with van der Waals surface area (Å²) in [5.41, 5.74) is 4.95. The van der Waals surface area contributed by atoms with Crippen molar-refractivity contribution in [1.29, 1.82) is 0 Å². The van der Waals surface area contributed by atoms with Crippen LogP contribution in [0.4, 0.5) is 10.5 Å². The molecule has 0 saturated carbocycles. The number of hydrogen-bond donors (Lipinski definition) is 1. The number of hydrogen-bond acceptors (Lipinski definition) is 9. The fraction of sp³-hybridized carbons (Fsp3) is 0.419. The summed E-state index contributed by atoms with van der Waals surface area (Å²) in [6, 6.07) is 30.4. The van der Waals surface area contributed by atoms with Crippen LogP contribution in [0.2, 0.25) is 0 Å². The molecule has 55 heavy (non-hydrogen) atoms. The van der Waals surface area contributed by atoms with Gasteiger partial charge in [-0.3, -0.25) is 4.18 Å². The Morgan fingerprint density at radius 3 is 2.40 bits per heavy atom. The first kappa shape index (κ1) is 40.1. The molecule has 2 aliphatic heterocycles. The Balaban J connectivity index is 1.14. The van der Waals surface area contributed by atoms with Gasteiger partial charge in [-0.2, -0.15) is 8.42 Å². The summed E-state index contributed by atoms with van der Waals surface area (Å²) in [7, 11) is -2.35. The molecule has 1 saturated heterocycles. The van der Waals surface area contributed by atoms with Gasteiger partial charge < -0.3 is 33.9 Å². The SMILES string of the molecule is COc1ccccc1COCCCOc1ccc(C2CCN(C(=O)O)CC2OC(CCOS(=O)(=O)c2ccc(C)cc2)N2CC(C)(C)c3ccccc32)cc1. The van der Waals surface area contributed by atoms with Crippen molar-refractivity contribution >= 4 is 21.9 Å². The van der Waals surface area contributed by atoms with Crippen molar-refractivity contribution in [2.24, 2.45) is 0 Å². The highest BCUT2D eigenvalue weighted by Gasteiger charge is 2.41. The molecule has 2 heterocycles. The third-order valence-electron chi connectivity index (χ3n) is 10.4. The van der Waals surface area contributed by atoms with Gasteiger partial charge in [0.05, 0.1) is 51.1 Å². The van der Waals surface area contributed by atoms with Crippen molar-refractivity contribution < 1.29 is 41.4 Å². The number of nitrogens with zero attached hydrogens (tertiary/aromatic N) is 2. The van der Waals surface area contributed by atoms with E-state index in [1.165, 1.54) is 10.5 Å². The van der Waals surface area contributed by atoms with Gasteiger partial charge in [0.25, 0.3) is 10.1 Å². The molecule has 4 aromatic carbocycles. The largest absolute Gasteiger partial charge is 0.496 e. The zero-order valence-electron chi connectivity index (χ0n) is 32.1. The van der Waals surface area contributed by atoms with Crippen LogP contribution in [0.3, 0.4) is 0 Å². The summed E-state index contributed by atoms with van der Waals surface area (Å²) in [4.78, 5) is 15.9. The molecule has 1 N–H and O–H groups in total. The highest BCUT2D eigenvalue weighted by molar-refractivity contribution is 7.86. The normalized spacial score (nSPS) is 18.5. The van der Waals surface area contributed by atoms with Gasteiger partial charge in [-0.05, 0) is 60.9 Å². The Bertz CT molecular complexity index is 1990. The summed E-state index contributed by atoms with van der Waals surface area (Å²) in [6.45, 7) is 8.81. The zero-order chi connectivity index (χ0) is 39.0. The summed E-state index contributed by atoms with van der Waals surface area (Å²) in [5.74, 6) is 1.42. The van der Waals surface area contributed by atoms with Gasteiger partial charge in [-0.15, -0.1) is 0 Å². The smallest absolute Gasteiger partial charge is 0.407 e. The van der Waals surface area contributed by atoms with Crippen LogP contribution in [0.5, 0.6) is 11.5 Å². The maximum Gasteiger partial charge on any atom is 0.407 e. The van der Waals surface area contributed by atoms with E-state index in [-0.39, 0.29) is 35.8 Å². The molecule has 11 nitrogen and oxygen atoms in total. The van der Waals surface area contributed by atoms with E-state index in [2.05, 4.69) is 30.9 Å². The van der Waals surface area contributed by atoms with Gasteiger partial charge in [0.1, 0.15) is 17.7 Å². The fourth-order valence-corrected chi connectivity index (χ4v) is 8.38. The minimum absolute atomic E-state index is 0.0949. The molecule has 294 valence electrons. The predicted octanol–water partition coefficient (Wildman–Crippen LogP) is 7.76.